The largest absolute Gasteiger partial charge is 0.457 e. The van der Waals surface area contributed by atoms with Crippen LogP contribution in [0.25, 0.3) is 11.1 Å². The summed E-state index contributed by atoms with van der Waals surface area (Å²) in [7, 11) is 0. The number of esters is 1. The molecule has 0 radical (unpaired) electrons. The molecule has 1 aliphatic carbocycles. The normalized spacial score (nSPS) is 11.6. The van der Waals surface area contributed by atoms with Crippen LogP contribution < -0.4 is 0 Å². The van der Waals surface area contributed by atoms with Crippen LogP contribution in [0.3, 0.4) is 0 Å². The number of carbonyl (C=O) groups excluding carboxylic acids is 2. The Labute approximate surface area is 182 Å². The third-order valence-electron chi connectivity index (χ3n) is 4.84. The molecule has 0 saturated heterocycles. The minimum Gasteiger partial charge on any atom is -0.457 e. The van der Waals surface area contributed by atoms with Crippen molar-refractivity contribution in [2.75, 3.05) is 0 Å². The number of hydrogen-bond acceptors (Lipinski definition) is 7. The van der Waals surface area contributed by atoms with E-state index in [1.807, 2.05) is 0 Å². The second-order valence-corrected chi connectivity index (χ2v) is 7.51. The number of halogens is 1. The van der Waals surface area contributed by atoms with E-state index in [0.717, 1.165) is 22.7 Å². The third-order valence-corrected chi connectivity index (χ3v) is 5.62. The molecule has 0 amide bonds. The van der Waals surface area contributed by atoms with Crippen molar-refractivity contribution in [1.82, 2.24) is 0 Å². The first-order valence-electron chi connectivity index (χ1n) is 8.84. The first-order chi connectivity index (χ1) is 14.8. The van der Waals surface area contributed by atoms with Gasteiger partial charge in [-0.15, -0.1) is 0 Å². The average molecular weight is 483 g/mol. The standard InChI is InChI=1S/C21H11BrN2O7/c22-18-4-2-1-3-11(18)10-31-21(26)17-9-13(24(29)30)8-16-19(17)14-6-5-12(23(27)28)7-15(14)20(16)25/h1-9H,10H2. The number of hydrogen-bond donors (Lipinski definition) is 0. The maximum absolute atomic E-state index is 12.9. The van der Waals surface area contributed by atoms with Crippen molar-refractivity contribution in [2.45, 2.75) is 6.61 Å². The fraction of sp³-hybridized carbons (Fsp3) is 0.0476. The second-order valence-electron chi connectivity index (χ2n) is 6.66. The van der Waals surface area contributed by atoms with E-state index in [-0.39, 0.29) is 40.1 Å². The van der Waals surface area contributed by atoms with Gasteiger partial charge in [0.05, 0.1) is 15.4 Å². The molecule has 0 unspecified atom stereocenters. The Hall–Kier alpha value is -3.92. The Morgan fingerprint density at radius 1 is 0.903 bits per heavy atom. The Bertz CT molecular complexity index is 1300. The van der Waals surface area contributed by atoms with Crippen molar-refractivity contribution < 1.29 is 24.2 Å². The smallest absolute Gasteiger partial charge is 0.339 e. The number of nitro benzene ring substituents is 2. The van der Waals surface area contributed by atoms with E-state index in [1.165, 1.54) is 12.1 Å². The zero-order valence-electron chi connectivity index (χ0n) is 15.5. The zero-order chi connectivity index (χ0) is 22.3. The van der Waals surface area contributed by atoms with Gasteiger partial charge in [-0.3, -0.25) is 25.0 Å². The van der Waals surface area contributed by atoms with Crippen molar-refractivity contribution in [3.63, 3.8) is 0 Å². The molecule has 0 atom stereocenters. The molecule has 4 rings (SSSR count). The molecule has 0 heterocycles. The van der Waals surface area contributed by atoms with Gasteiger partial charge in [0.25, 0.3) is 11.4 Å². The molecule has 0 aromatic heterocycles. The van der Waals surface area contributed by atoms with Gasteiger partial charge < -0.3 is 4.74 Å². The predicted molar refractivity (Wildman–Crippen MR) is 112 cm³/mol. The van der Waals surface area contributed by atoms with Gasteiger partial charge in [0, 0.05) is 51.0 Å². The quantitative estimate of drug-likeness (QED) is 0.226. The number of nitrogens with zero attached hydrogens (tertiary/aromatic N) is 2. The number of benzene rings is 3. The van der Waals surface area contributed by atoms with Crippen LogP contribution in [-0.4, -0.2) is 21.6 Å². The van der Waals surface area contributed by atoms with E-state index in [2.05, 4.69) is 15.9 Å². The van der Waals surface area contributed by atoms with Crippen molar-refractivity contribution >= 4 is 39.1 Å². The van der Waals surface area contributed by atoms with E-state index >= 15 is 0 Å². The van der Waals surface area contributed by atoms with Crippen LogP contribution in [0.2, 0.25) is 0 Å². The molecule has 0 bridgehead atoms. The summed E-state index contributed by atoms with van der Waals surface area (Å²) in [4.78, 5) is 46.8. The van der Waals surface area contributed by atoms with Crippen LogP contribution in [0.1, 0.15) is 31.8 Å². The molecule has 10 heteroatoms. The van der Waals surface area contributed by atoms with Gasteiger partial charge in [0.2, 0.25) is 0 Å². The van der Waals surface area contributed by atoms with Crippen molar-refractivity contribution in [1.29, 1.82) is 0 Å². The molecule has 3 aromatic rings. The lowest BCUT2D eigenvalue weighted by molar-refractivity contribution is -0.385. The van der Waals surface area contributed by atoms with Crippen LogP contribution in [0.15, 0.2) is 59.1 Å². The highest BCUT2D eigenvalue weighted by Gasteiger charge is 2.35. The minimum absolute atomic E-state index is 0.00421. The number of carbonyl (C=O) groups is 2. The number of ketones is 1. The van der Waals surface area contributed by atoms with Gasteiger partial charge in [-0.05, 0) is 17.7 Å². The maximum atomic E-state index is 12.9. The molecular formula is C21H11BrN2O7. The topological polar surface area (TPSA) is 130 Å². The SMILES string of the molecule is O=C(OCc1ccccc1Br)c1cc([N+](=O)[O-])cc2c1-c1ccc([N+](=O)[O-])cc1C2=O. The van der Waals surface area contributed by atoms with Crippen LogP contribution in [0.4, 0.5) is 11.4 Å². The molecular weight excluding hydrogens is 472 g/mol. The average Bonchev–Trinajstić information content (AvgIpc) is 3.04. The summed E-state index contributed by atoms with van der Waals surface area (Å²) >= 11 is 3.35. The van der Waals surface area contributed by atoms with Crippen LogP contribution >= 0.6 is 15.9 Å². The second kappa shape index (κ2) is 7.73. The molecule has 0 aliphatic heterocycles. The number of ether oxygens (including phenoxy) is 1. The van der Waals surface area contributed by atoms with E-state index in [1.54, 1.807) is 24.3 Å². The number of nitro groups is 2. The molecule has 0 fully saturated rings. The monoisotopic (exact) mass is 482 g/mol. The molecule has 31 heavy (non-hydrogen) atoms. The van der Waals surface area contributed by atoms with Gasteiger partial charge in [-0.1, -0.05) is 34.1 Å². The highest BCUT2D eigenvalue weighted by molar-refractivity contribution is 9.10. The van der Waals surface area contributed by atoms with Crippen LogP contribution in [0, 0.1) is 20.2 Å². The lowest BCUT2D eigenvalue weighted by Gasteiger charge is -2.10. The minimum atomic E-state index is -0.852. The Morgan fingerprint density at radius 2 is 1.58 bits per heavy atom. The first kappa shape index (κ1) is 20.4. The number of fused-ring (bicyclic) bond motifs is 3. The van der Waals surface area contributed by atoms with E-state index in [4.69, 9.17) is 4.74 Å². The maximum Gasteiger partial charge on any atom is 0.339 e. The number of non-ortho nitro benzene ring substituents is 2. The molecule has 9 nitrogen and oxygen atoms in total. The van der Waals surface area contributed by atoms with E-state index in [0.29, 0.717) is 5.56 Å². The Balaban J connectivity index is 1.80. The first-order valence-corrected chi connectivity index (χ1v) is 9.63. The summed E-state index contributed by atoms with van der Waals surface area (Å²) in [6, 6.07) is 12.8. The summed E-state index contributed by atoms with van der Waals surface area (Å²) in [6.45, 7) is -0.0984. The zero-order valence-corrected chi connectivity index (χ0v) is 17.1. The number of rotatable bonds is 5. The van der Waals surface area contributed by atoms with Gasteiger partial charge >= 0.3 is 5.97 Å². The Kier molecular flexibility index (Phi) is 5.07. The summed E-state index contributed by atoms with van der Waals surface area (Å²) in [6.07, 6.45) is 0. The molecule has 0 N–H and O–H groups in total. The van der Waals surface area contributed by atoms with Crippen molar-refractivity contribution in [3.05, 3.63) is 102 Å². The van der Waals surface area contributed by atoms with E-state index in [9.17, 15) is 29.8 Å². The summed E-state index contributed by atoms with van der Waals surface area (Å²) in [5, 5.41) is 22.4. The summed E-state index contributed by atoms with van der Waals surface area (Å²) < 4.78 is 6.08. The van der Waals surface area contributed by atoms with Crippen LogP contribution in [0.5, 0.6) is 0 Å². The molecule has 0 spiro atoms. The summed E-state index contributed by atoms with van der Waals surface area (Å²) in [5.41, 5.74) is 0.157. The van der Waals surface area contributed by atoms with E-state index < -0.39 is 27.3 Å². The highest BCUT2D eigenvalue weighted by Crippen LogP contribution is 2.42. The molecule has 3 aromatic carbocycles. The lowest BCUT2D eigenvalue weighted by atomic mass is 9.98. The van der Waals surface area contributed by atoms with Crippen molar-refractivity contribution in [3.8, 4) is 11.1 Å². The molecule has 0 saturated carbocycles. The molecule has 1 aliphatic rings. The fourth-order valence-electron chi connectivity index (χ4n) is 3.40. The summed E-state index contributed by atoms with van der Waals surface area (Å²) in [5.74, 6) is -1.48. The lowest BCUT2D eigenvalue weighted by Crippen LogP contribution is -2.09. The van der Waals surface area contributed by atoms with Gasteiger partial charge in [-0.25, -0.2) is 4.79 Å². The fourth-order valence-corrected chi connectivity index (χ4v) is 3.79. The third kappa shape index (κ3) is 3.57. The predicted octanol–water partition coefficient (Wildman–Crippen LogP) is 4.83. The van der Waals surface area contributed by atoms with Gasteiger partial charge in [-0.2, -0.15) is 0 Å². The molecule has 154 valence electrons. The van der Waals surface area contributed by atoms with Gasteiger partial charge in [0.1, 0.15) is 6.61 Å². The highest BCUT2D eigenvalue weighted by atomic mass is 79.9. The Morgan fingerprint density at radius 3 is 2.26 bits per heavy atom. The van der Waals surface area contributed by atoms with Gasteiger partial charge in [0.15, 0.2) is 5.78 Å². The van der Waals surface area contributed by atoms with Crippen molar-refractivity contribution in [2.24, 2.45) is 0 Å². The van der Waals surface area contributed by atoms with Crippen LogP contribution in [-0.2, 0) is 11.3 Å².